The Morgan fingerprint density at radius 1 is 1.22 bits per heavy atom. The third-order valence-electron chi connectivity index (χ3n) is 4.77. The van der Waals surface area contributed by atoms with Gasteiger partial charge >= 0.3 is 0 Å². The summed E-state index contributed by atoms with van der Waals surface area (Å²) in [6.45, 7) is 13.4. The molecule has 3 heteroatoms. The highest BCUT2D eigenvalue weighted by Gasteiger charge is 2.52. The van der Waals surface area contributed by atoms with Gasteiger partial charge in [0.25, 0.3) is 0 Å². The number of rotatable bonds is 4. The summed E-state index contributed by atoms with van der Waals surface area (Å²) in [5.41, 5.74) is -0.00339. The first kappa shape index (κ1) is 15.9. The molecular weight excluding hydrogens is 224 g/mol. The van der Waals surface area contributed by atoms with E-state index in [0.29, 0.717) is 12.0 Å². The molecule has 1 aliphatic rings. The second-order valence-corrected chi connectivity index (χ2v) is 7.59. The maximum atomic E-state index is 6.25. The summed E-state index contributed by atoms with van der Waals surface area (Å²) in [5.74, 6) is 0.509. The van der Waals surface area contributed by atoms with E-state index in [1.807, 2.05) is 0 Å². The van der Waals surface area contributed by atoms with E-state index in [4.69, 9.17) is 4.74 Å². The summed E-state index contributed by atoms with van der Waals surface area (Å²) in [4.78, 5) is 2.30. The van der Waals surface area contributed by atoms with Crippen LogP contribution in [0.3, 0.4) is 0 Å². The summed E-state index contributed by atoms with van der Waals surface area (Å²) in [6, 6.07) is 0.407. The van der Waals surface area contributed by atoms with Crippen molar-refractivity contribution in [1.82, 2.24) is 10.2 Å². The van der Waals surface area contributed by atoms with E-state index in [9.17, 15) is 0 Å². The molecule has 1 saturated heterocycles. The zero-order valence-electron chi connectivity index (χ0n) is 13.7. The van der Waals surface area contributed by atoms with E-state index < -0.39 is 0 Å². The van der Waals surface area contributed by atoms with Crippen molar-refractivity contribution in [2.75, 3.05) is 21.1 Å². The van der Waals surface area contributed by atoms with Gasteiger partial charge in [-0.1, -0.05) is 0 Å². The van der Waals surface area contributed by atoms with Gasteiger partial charge in [0, 0.05) is 17.5 Å². The zero-order valence-corrected chi connectivity index (χ0v) is 13.7. The van der Waals surface area contributed by atoms with Crippen LogP contribution in [0.2, 0.25) is 0 Å². The molecule has 108 valence electrons. The zero-order chi connectivity index (χ0) is 14.4. The molecule has 3 nitrogen and oxygen atoms in total. The van der Waals surface area contributed by atoms with Crippen molar-refractivity contribution in [2.24, 2.45) is 5.92 Å². The van der Waals surface area contributed by atoms with Crippen molar-refractivity contribution >= 4 is 0 Å². The van der Waals surface area contributed by atoms with E-state index in [2.05, 4.69) is 72.9 Å². The summed E-state index contributed by atoms with van der Waals surface area (Å²) in [5, 5.41) is 3.54. The minimum atomic E-state index is -0.0789. The molecule has 18 heavy (non-hydrogen) atoms. The van der Waals surface area contributed by atoms with Crippen LogP contribution in [-0.2, 0) is 4.74 Å². The van der Waals surface area contributed by atoms with Crippen LogP contribution in [-0.4, -0.2) is 48.8 Å². The Labute approximate surface area is 113 Å². The number of hydrogen-bond acceptors (Lipinski definition) is 3. The average Bonchev–Trinajstić information content (AvgIpc) is 2.35. The van der Waals surface area contributed by atoms with Crippen LogP contribution in [0, 0.1) is 5.92 Å². The highest BCUT2D eigenvalue weighted by molar-refractivity contribution is 5.05. The normalized spacial score (nSPS) is 28.7. The van der Waals surface area contributed by atoms with E-state index >= 15 is 0 Å². The molecule has 0 bridgehead atoms. The largest absolute Gasteiger partial charge is 0.369 e. The van der Waals surface area contributed by atoms with Crippen molar-refractivity contribution in [2.45, 2.75) is 70.7 Å². The van der Waals surface area contributed by atoms with Crippen molar-refractivity contribution in [1.29, 1.82) is 0 Å². The molecule has 0 amide bonds. The molecule has 0 spiro atoms. The second-order valence-electron chi connectivity index (χ2n) is 7.59. The lowest BCUT2D eigenvalue weighted by atomic mass is 9.74. The van der Waals surface area contributed by atoms with Gasteiger partial charge in [-0.2, -0.15) is 0 Å². The first-order valence-electron chi connectivity index (χ1n) is 6.99. The number of ether oxygens (including phenoxy) is 1. The van der Waals surface area contributed by atoms with Gasteiger partial charge in [0.1, 0.15) is 0 Å². The molecule has 0 aliphatic carbocycles. The van der Waals surface area contributed by atoms with Crippen molar-refractivity contribution in [3.63, 3.8) is 0 Å². The highest BCUT2D eigenvalue weighted by atomic mass is 16.5. The Kier molecular flexibility index (Phi) is 4.22. The van der Waals surface area contributed by atoms with Gasteiger partial charge in [-0.15, -0.1) is 0 Å². The molecular formula is C15H32N2O. The van der Waals surface area contributed by atoms with Gasteiger partial charge in [-0.05, 0) is 69.1 Å². The van der Waals surface area contributed by atoms with Crippen molar-refractivity contribution in [3.05, 3.63) is 0 Å². The Balaban J connectivity index is 3.03. The summed E-state index contributed by atoms with van der Waals surface area (Å²) < 4.78 is 6.25. The van der Waals surface area contributed by atoms with Gasteiger partial charge in [0.2, 0.25) is 0 Å². The highest BCUT2D eigenvalue weighted by Crippen LogP contribution is 2.45. The lowest BCUT2D eigenvalue weighted by molar-refractivity contribution is -0.0827. The average molecular weight is 256 g/mol. The van der Waals surface area contributed by atoms with Crippen molar-refractivity contribution < 1.29 is 4.74 Å². The Morgan fingerprint density at radius 3 is 2.00 bits per heavy atom. The second kappa shape index (κ2) is 4.77. The molecule has 1 rings (SSSR count). The number of likely N-dealkylation sites (N-methyl/N-ethyl adjacent to an activating group) is 2. The molecule has 1 N–H and O–H groups in total. The molecule has 1 aliphatic heterocycles. The summed E-state index contributed by atoms with van der Waals surface area (Å²) in [7, 11) is 6.37. The maximum absolute atomic E-state index is 6.25. The van der Waals surface area contributed by atoms with Crippen LogP contribution >= 0.6 is 0 Å². The van der Waals surface area contributed by atoms with Crippen LogP contribution in [0.5, 0.6) is 0 Å². The monoisotopic (exact) mass is 256 g/mol. The molecule has 0 aromatic heterocycles. The Hall–Kier alpha value is -0.120. The van der Waals surface area contributed by atoms with Gasteiger partial charge < -0.3 is 15.0 Å². The number of nitrogens with one attached hydrogen (secondary N) is 1. The first-order valence-corrected chi connectivity index (χ1v) is 6.99. The Morgan fingerprint density at radius 2 is 1.72 bits per heavy atom. The quantitative estimate of drug-likeness (QED) is 0.836. The predicted molar refractivity (Wildman–Crippen MR) is 78.0 cm³/mol. The van der Waals surface area contributed by atoms with E-state index in [-0.39, 0.29) is 16.7 Å². The fourth-order valence-electron chi connectivity index (χ4n) is 3.45. The Bertz CT molecular complexity index is 295. The predicted octanol–water partition coefficient (Wildman–Crippen LogP) is 2.51. The SMILES string of the molecule is CNC(C1CC(C)(C)OC1(C)C)C(C)(C)N(C)C. The molecule has 0 saturated carbocycles. The molecule has 1 heterocycles. The third kappa shape index (κ3) is 2.89. The summed E-state index contributed by atoms with van der Waals surface area (Å²) >= 11 is 0. The van der Waals surface area contributed by atoms with Gasteiger partial charge in [0.05, 0.1) is 11.2 Å². The van der Waals surface area contributed by atoms with E-state index in [0.717, 1.165) is 6.42 Å². The topological polar surface area (TPSA) is 24.5 Å². The van der Waals surface area contributed by atoms with Crippen LogP contribution in [0.25, 0.3) is 0 Å². The third-order valence-corrected chi connectivity index (χ3v) is 4.77. The van der Waals surface area contributed by atoms with E-state index in [1.165, 1.54) is 0 Å². The minimum absolute atomic E-state index is 0.0222. The summed E-state index contributed by atoms with van der Waals surface area (Å²) in [6.07, 6.45) is 1.10. The molecule has 0 aromatic rings. The number of nitrogens with zero attached hydrogens (tertiary/aromatic N) is 1. The molecule has 1 fully saturated rings. The van der Waals surface area contributed by atoms with Gasteiger partial charge in [-0.3, -0.25) is 0 Å². The van der Waals surface area contributed by atoms with Crippen LogP contribution in [0.4, 0.5) is 0 Å². The number of hydrogen-bond donors (Lipinski definition) is 1. The maximum Gasteiger partial charge on any atom is 0.0678 e. The van der Waals surface area contributed by atoms with Gasteiger partial charge in [0.15, 0.2) is 0 Å². The van der Waals surface area contributed by atoms with Gasteiger partial charge in [-0.25, -0.2) is 0 Å². The lowest BCUT2D eigenvalue weighted by Gasteiger charge is -2.46. The van der Waals surface area contributed by atoms with Crippen molar-refractivity contribution in [3.8, 4) is 0 Å². The van der Waals surface area contributed by atoms with Crippen LogP contribution in [0.15, 0.2) is 0 Å². The van der Waals surface area contributed by atoms with E-state index in [1.54, 1.807) is 0 Å². The molecule has 2 atom stereocenters. The minimum Gasteiger partial charge on any atom is -0.369 e. The molecule has 0 aromatic carbocycles. The smallest absolute Gasteiger partial charge is 0.0678 e. The molecule has 2 unspecified atom stereocenters. The first-order chi connectivity index (χ1) is 7.94. The fourth-order valence-corrected chi connectivity index (χ4v) is 3.45. The lowest BCUT2D eigenvalue weighted by Crippen LogP contribution is -2.60. The fraction of sp³-hybridized carbons (Fsp3) is 1.00. The molecule has 0 radical (unpaired) electrons. The van der Waals surface area contributed by atoms with Crippen LogP contribution < -0.4 is 5.32 Å². The van der Waals surface area contributed by atoms with Crippen LogP contribution in [0.1, 0.15) is 48.0 Å². The standard InChI is InChI=1S/C15H32N2O/c1-13(2)10-11(15(5,6)18-13)12(16-7)14(3,4)17(8)9/h11-12,16H,10H2,1-9H3.